The lowest BCUT2D eigenvalue weighted by atomic mass is 10.1. The number of anilines is 2. The van der Waals surface area contributed by atoms with Crippen molar-refractivity contribution in [3.05, 3.63) is 64.6 Å². The molecule has 0 bridgehead atoms. The second kappa shape index (κ2) is 8.90. The maximum Gasteiger partial charge on any atom is 0.267 e. The van der Waals surface area contributed by atoms with Crippen molar-refractivity contribution in [3.8, 4) is 11.3 Å². The summed E-state index contributed by atoms with van der Waals surface area (Å²) in [6, 6.07) is 14.7. The number of piperidine rings is 1. The highest BCUT2D eigenvalue weighted by Gasteiger charge is 2.25. The van der Waals surface area contributed by atoms with Crippen molar-refractivity contribution in [3.63, 3.8) is 0 Å². The molecule has 0 radical (unpaired) electrons. The number of nitrogens with one attached hydrogen (secondary N) is 1. The minimum atomic E-state index is -0.286. The molecule has 1 aromatic carbocycles. The first-order valence-electron chi connectivity index (χ1n) is 11.2. The summed E-state index contributed by atoms with van der Waals surface area (Å²) in [5.74, 6) is 1.06. The first-order chi connectivity index (χ1) is 15.7. The molecular weight excluding hydrogens is 404 g/mol. The fourth-order valence-electron chi connectivity index (χ4n) is 4.01. The Bertz CT molecular complexity index is 1150. The van der Waals surface area contributed by atoms with Gasteiger partial charge in [0, 0.05) is 36.3 Å². The van der Waals surface area contributed by atoms with E-state index in [1.165, 1.54) is 30.0 Å². The van der Waals surface area contributed by atoms with Crippen molar-refractivity contribution >= 4 is 17.4 Å². The fraction of sp³-hybridized carbons (Fsp3) is 0.375. The standard InChI is InChI=1S/C24H26N6O2/c31-23(16-30-24(32)13-11-21(28-30)18-4-5-18)25-19-8-6-17(7-9-19)20-10-12-22(27-26-20)29-14-2-1-3-15-29/h6-13,18H,1-5,14-16H2,(H,25,31). The number of aromatic nitrogens is 4. The van der Waals surface area contributed by atoms with Gasteiger partial charge >= 0.3 is 0 Å². The van der Waals surface area contributed by atoms with Crippen LogP contribution in [-0.2, 0) is 11.3 Å². The van der Waals surface area contributed by atoms with Crippen LogP contribution in [0.5, 0.6) is 0 Å². The SMILES string of the molecule is O=C(Cn1nc(C2CC2)ccc1=O)Nc1ccc(-c2ccc(N3CCCCC3)nn2)cc1. The topological polar surface area (TPSA) is 93.0 Å². The Morgan fingerprint density at radius 2 is 1.72 bits per heavy atom. The van der Waals surface area contributed by atoms with Gasteiger partial charge in [0.2, 0.25) is 5.91 Å². The number of hydrogen-bond donors (Lipinski definition) is 1. The van der Waals surface area contributed by atoms with E-state index in [-0.39, 0.29) is 18.0 Å². The minimum absolute atomic E-state index is 0.107. The summed E-state index contributed by atoms with van der Waals surface area (Å²) in [7, 11) is 0. The third-order valence-electron chi connectivity index (χ3n) is 5.97. The van der Waals surface area contributed by atoms with Crippen molar-refractivity contribution < 1.29 is 4.79 Å². The quantitative estimate of drug-likeness (QED) is 0.646. The summed E-state index contributed by atoms with van der Waals surface area (Å²) in [4.78, 5) is 26.7. The van der Waals surface area contributed by atoms with Crippen molar-refractivity contribution in [1.29, 1.82) is 0 Å². The molecule has 3 aromatic rings. The summed E-state index contributed by atoms with van der Waals surface area (Å²) in [5, 5.41) is 15.9. The van der Waals surface area contributed by atoms with E-state index in [1.54, 1.807) is 6.07 Å². The first-order valence-corrected chi connectivity index (χ1v) is 11.2. The van der Waals surface area contributed by atoms with E-state index in [2.05, 4.69) is 25.5 Å². The van der Waals surface area contributed by atoms with Crippen LogP contribution in [0.3, 0.4) is 0 Å². The van der Waals surface area contributed by atoms with E-state index in [0.717, 1.165) is 48.7 Å². The number of carbonyl (C=O) groups is 1. The number of nitrogens with zero attached hydrogens (tertiary/aromatic N) is 5. The molecule has 5 rings (SSSR count). The summed E-state index contributed by atoms with van der Waals surface area (Å²) in [6.45, 7) is 1.97. The Morgan fingerprint density at radius 3 is 2.41 bits per heavy atom. The van der Waals surface area contributed by atoms with E-state index < -0.39 is 0 Å². The summed E-state index contributed by atoms with van der Waals surface area (Å²) < 4.78 is 1.23. The molecular formula is C24H26N6O2. The zero-order chi connectivity index (χ0) is 21.9. The number of amides is 1. The molecule has 8 nitrogen and oxygen atoms in total. The van der Waals surface area contributed by atoms with E-state index in [9.17, 15) is 9.59 Å². The molecule has 2 fully saturated rings. The van der Waals surface area contributed by atoms with Gasteiger partial charge in [-0.05, 0) is 62.4 Å². The third-order valence-corrected chi connectivity index (χ3v) is 5.97. The Labute approximate surface area is 186 Å². The molecule has 1 saturated carbocycles. The van der Waals surface area contributed by atoms with E-state index in [1.807, 2.05) is 36.4 Å². The smallest absolute Gasteiger partial charge is 0.267 e. The molecule has 1 N–H and O–H groups in total. The Morgan fingerprint density at radius 1 is 0.938 bits per heavy atom. The van der Waals surface area contributed by atoms with Gasteiger partial charge in [-0.1, -0.05) is 12.1 Å². The molecule has 1 aliphatic carbocycles. The van der Waals surface area contributed by atoms with Gasteiger partial charge in [-0.25, -0.2) is 4.68 Å². The van der Waals surface area contributed by atoms with Crippen molar-refractivity contribution in [2.45, 2.75) is 44.6 Å². The molecule has 2 aliphatic rings. The zero-order valence-corrected chi connectivity index (χ0v) is 17.9. The molecule has 0 unspecified atom stereocenters. The van der Waals surface area contributed by atoms with Gasteiger partial charge in [0.25, 0.3) is 5.56 Å². The maximum absolute atomic E-state index is 12.4. The average molecular weight is 431 g/mol. The highest BCUT2D eigenvalue weighted by atomic mass is 16.2. The van der Waals surface area contributed by atoms with Crippen molar-refractivity contribution in [1.82, 2.24) is 20.0 Å². The van der Waals surface area contributed by atoms with Gasteiger partial charge in [0.1, 0.15) is 6.54 Å². The molecule has 3 heterocycles. The molecule has 8 heteroatoms. The molecule has 0 spiro atoms. The van der Waals surface area contributed by atoms with E-state index in [4.69, 9.17) is 0 Å². The highest BCUT2D eigenvalue weighted by Crippen LogP contribution is 2.38. The van der Waals surface area contributed by atoms with Crippen molar-refractivity contribution in [2.75, 3.05) is 23.3 Å². The van der Waals surface area contributed by atoms with Crippen LogP contribution in [0.1, 0.15) is 43.7 Å². The predicted molar refractivity (Wildman–Crippen MR) is 123 cm³/mol. The minimum Gasteiger partial charge on any atom is -0.355 e. The largest absolute Gasteiger partial charge is 0.355 e. The van der Waals surface area contributed by atoms with Crippen LogP contribution >= 0.6 is 0 Å². The Kier molecular flexibility index (Phi) is 5.66. The van der Waals surface area contributed by atoms with Gasteiger partial charge in [-0.15, -0.1) is 10.2 Å². The summed E-state index contributed by atoms with van der Waals surface area (Å²) >= 11 is 0. The summed E-state index contributed by atoms with van der Waals surface area (Å²) in [6.07, 6.45) is 5.87. The predicted octanol–water partition coefficient (Wildman–Crippen LogP) is 3.21. The molecule has 1 amide bonds. The monoisotopic (exact) mass is 430 g/mol. The molecule has 1 saturated heterocycles. The molecule has 1 aliphatic heterocycles. The van der Waals surface area contributed by atoms with Crippen LogP contribution in [-0.4, -0.2) is 39.0 Å². The number of carbonyl (C=O) groups excluding carboxylic acids is 1. The lowest BCUT2D eigenvalue weighted by molar-refractivity contribution is -0.117. The van der Waals surface area contributed by atoms with Crippen LogP contribution in [0, 0.1) is 0 Å². The van der Waals surface area contributed by atoms with Crippen LogP contribution in [0.15, 0.2) is 53.3 Å². The second-order valence-corrected chi connectivity index (χ2v) is 8.48. The number of hydrogen-bond acceptors (Lipinski definition) is 6. The highest BCUT2D eigenvalue weighted by molar-refractivity contribution is 5.90. The van der Waals surface area contributed by atoms with Crippen LogP contribution in [0.25, 0.3) is 11.3 Å². The van der Waals surface area contributed by atoms with Crippen molar-refractivity contribution in [2.24, 2.45) is 0 Å². The van der Waals surface area contributed by atoms with Gasteiger partial charge in [0.05, 0.1) is 11.4 Å². The maximum atomic E-state index is 12.4. The molecule has 2 aromatic heterocycles. The fourth-order valence-corrected chi connectivity index (χ4v) is 4.01. The summed E-state index contributed by atoms with van der Waals surface area (Å²) in [5.41, 5.74) is 2.98. The van der Waals surface area contributed by atoms with E-state index in [0.29, 0.717) is 11.6 Å². The van der Waals surface area contributed by atoms with Crippen LogP contribution in [0.4, 0.5) is 11.5 Å². The normalized spacial score (nSPS) is 16.1. The third kappa shape index (κ3) is 4.69. The van der Waals surface area contributed by atoms with Gasteiger partial charge < -0.3 is 10.2 Å². The lowest BCUT2D eigenvalue weighted by Crippen LogP contribution is -2.30. The van der Waals surface area contributed by atoms with Crippen LogP contribution in [0.2, 0.25) is 0 Å². The second-order valence-electron chi connectivity index (χ2n) is 8.48. The zero-order valence-electron chi connectivity index (χ0n) is 17.9. The average Bonchev–Trinajstić information content (AvgIpc) is 3.67. The number of rotatable bonds is 6. The van der Waals surface area contributed by atoms with Gasteiger partial charge in [-0.2, -0.15) is 5.10 Å². The molecule has 0 atom stereocenters. The number of benzene rings is 1. The van der Waals surface area contributed by atoms with E-state index >= 15 is 0 Å². The Hall–Kier alpha value is -3.55. The lowest BCUT2D eigenvalue weighted by Gasteiger charge is -2.27. The van der Waals surface area contributed by atoms with Crippen LogP contribution < -0.4 is 15.8 Å². The van der Waals surface area contributed by atoms with Gasteiger partial charge in [-0.3, -0.25) is 9.59 Å². The first kappa shape index (κ1) is 20.4. The Balaban J connectivity index is 1.21. The molecule has 32 heavy (non-hydrogen) atoms. The molecule has 164 valence electrons. The van der Waals surface area contributed by atoms with Gasteiger partial charge in [0.15, 0.2) is 5.82 Å².